The van der Waals surface area contributed by atoms with Crippen LogP contribution in [0, 0.1) is 19.7 Å². The lowest BCUT2D eigenvalue weighted by Crippen LogP contribution is -2.35. The molecule has 2 rings (SSSR count). The van der Waals surface area contributed by atoms with Gasteiger partial charge in [-0.2, -0.15) is 0 Å². The maximum Gasteiger partial charge on any atom is 0.123 e. The Balaban J connectivity index is 2.57. The van der Waals surface area contributed by atoms with Gasteiger partial charge in [-0.3, -0.25) is 0 Å². The molecule has 94 valence electrons. The number of nitrogens with two attached hydrogens (primary N) is 1. The summed E-state index contributed by atoms with van der Waals surface area (Å²) < 4.78 is 13.3. The van der Waals surface area contributed by atoms with Crippen LogP contribution >= 0.6 is 0 Å². The first-order valence-corrected chi connectivity index (χ1v) is 6.04. The van der Waals surface area contributed by atoms with Gasteiger partial charge < -0.3 is 5.73 Å². The van der Waals surface area contributed by atoms with Crippen LogP contribution in [-0.2, 0) is 5.54 Å². The summed E-state index contributed by atoms with van der Waals surface area (Å²) >= 11 is 0. The molecule has 0 fully saturated rings. The summed E-state index contributed by atoms with van der Waals surface area (Å²) in [6, 6.07) is 12.7. The number of benzene rings is 2. The van der Waals surface area contributed by atoms with Crippen molar-refractivity contribution in [1.82, 2.24) is 0 Å². The molecular formula is C16H18FN. The molecule has 0 radical (unpaired) electrons. The van der Waals surface area contributed by atoms with E-state index < -0.39 is 5.54 Å². The van der Waals surface area contributed by atoms with Crippen molar-refractivity contribution < 1.29 is 4.39 Å². The summed E-state index contributed by atoms with van der Waals surface area (Å²) in [7, 11) is 0. The smallest absolute Gasteiger partial charge is 0.123 e. The van der Waals surface area contributed by atoms with Gasteiger partial charge in [0.05, 0.1) is 5.54 Å². The standard InChI is InChI=1S/C16H18FN/c1-11-7-8-12(2)15(9-11)16(3,18)13-5-4-6-14(17)10-13/h4-10H,18H2,1-3H3. The molecule has 1 unspecified atom stereocenters. The minimum atomic E-state index is -0.682. The van der Waals surface area contributed by atoms with Crippen LogP contribution in [0.3, 0.4) is 0 Å². The SMILES string of the molecule is Cc1ccc(C)c(C(C)(N)c2cccc(F)c2)c1. The number of hydrogen-bond acceptors (Lipinski definition) is 1. The van der Waals surface area contributed by atoms with Crippen LogP contribution < -0.4 is 5.73 Å². The first kappa shape index (κ1) is 12.8. The highest BCUT2D eigenvalue weighted by Gasteiger charge is 2.25. The number of halogens is 1. The van der Waals surface area contributed by atoms with Gasteiger partial charge in [0.25, 0.3) is 0 Å². The van der Waals surface area contributed by atoms with E-state index in [9.17, 15) is 4.39 Å². The molecule has 0 aromatic heterocycles. The summed E-state index contributed by atoms with van der Waals surface area (Å²) in [5.74, 6) is -0.255. The first-order chi connectivity index (χ1) is 8.41. The second-order valence-electron chi connectivity index (χ2n) is 5.03. The molecular weight excluding hydrogens is 225 g/mol. The van der Waals surface area contributed by atoms with E-state index >= 15 is 0 Å². The minimum Gasteiger partial charge on any atom is -0.318 e. The molecule has 0 aliphatic heterocycles. The predicted octanol–water partition coefficient (Wildman–Crippen LogP) is 3.66. The quantitative estimate of drug-likeness (QED) is 0.855. The fourth-order valence-electron chi connectivity index (χ4n) is 2.26. The van der Waals surface area contributed by atoms with Gasteiger partial charge in [0, 0.05) is 0 Å². The Labute approximate surface area is 107 Å². The zero-order valence-corrected chi connectivity index (χ0v) is 11.0. The van der Waals surface area contributed by atoms with E-state index in [1.165, 1.54) is 12.1 Å². The minimum absolute atomic E-state index is 0.255. The maximum atomic E-state index is 13.3. The fraction of sp³-hybridized carbons (Fsp3) is 0.250. The van der Waals surface area contributed by atoms with Gasteiger partial charge in [-0.1, -0.05) is 35.9 Å². The monoisotopic (exact) mass is 243 g/mol. The van der Waals surface area contributed by atoms with Gasteiger partial charge in [-0.05, 0) is 49.6 Å². The second kappa shape index (κ2) is 4.54. The van der Waals surface area contributed by atoms with E-state index in [4.69, 9.17) is 5.73 Å². The van der Waals surface area contributed by atoms with Crippen LogP contribution in [0.1, 0.15) is 29.2 Å². The van der Waals surface area contributed by atoms with Gasteiger partial charge in [-0.25, -0.2) is 4.39 Å². The van der Waals surface area contributed by atoms with Gasteiger partial charge in [0.15, 0.2) is 0 Å². The van der Waals surface area contributed by atoms with E-state index in [-0.39, 0.29) is 5.82 Å². The Morgan fingerprint density at radius 1 is 1.06 bits per heavy atom. The maximum absolute atomic E-state index is 13.3. The zero-order valence-electron chi connectivity index (χ0n) is 11.0. The fourth-order valence-corrected chi connectivity index (χ4v) is 2.26. The highest BCUT2D eigenvalue weighted by atomic mass is 19.1. The van der Waals surface area contributed by atoms with Gasteiger partial charge in [-0.15, -0.1) is 0 Å². The van der Waals surface area contributed by atoms with Gasteiger partial charge >= 0.3 is 0 Å². The Morgan fingerprint density at radius 3 is 2.44 bits per heavy atom. The molecule has 0 amide bonds. The number of aryl methyl sites for hydroxylation is 2. The Morgan fingerprint density at radius 2 is 1.78 bits per heavy atom. The lowest BCUT2D eigenvalue weighted by atomic mass is 9.82. The molecule has 0 saturated heterocycles. The van der Waals surface area contributed by atoms with E-state index in [1.807, 2.05) is 26.8 Å². The third-order valence-corrected chi connectivity index (χ3v) is 3.38. The molecule has 0 aliphatic carbocycles. The van der Waals surface area contributed by atoms with Crippen molar-refractivity contribution in [1.29, 1.82) is 0 Å². The van der Waals surface area contributed by atoms with Crippen LogP contribution in [0.25, 0.3) is 0 Å². The topological polar surface area (TPSA) is 26.0 Å². The highest BCUT2D eigenvalue weighted by Crippen LogP contribution is 2.29. The molecule has 18 heavy (non-hydrogen) atoms. The van der Waals surface area contributed by atoms with E-state index in [1.54, 1.807) is 6.07 Å². The number of hydrogen-bond donors (Lipinski definition) is 1. The summed E-state index contributed by atoms with van der Waals surface area (Å²) in [5.41, 5.74) is 9.85. The largest absolute Gasteiger partial charge is 0.318 e. The van der Waals surface area contributed by atoms with Crippen LogP contribution in [0.5, 0.6) is 0 Å². The molecule has 2 aromatic rings. The second-order valence-corrected chi connectivity index (χ2v) is 5.03. The average molecular weight is 243 g/mol. The van der Waals surface area contributed by atoms with Crippen LogP contribution in [0.15, 0.2) is 42.5 Å². The van der Waals surface area contributed by atoms with Crippen LogP contribution in [-0.4, -0.2) is 0 Å². The summed E-state index contributed by atoms with van der Waals surface area (Å²) in [5, 5.41) is 0. The third kappa shape index (κ3) is 2.29. The molecule has 2 N–H and O–H groups in total. The molecule has 0 bridgehead atoms. The molecule has 1 atom stereocenters. The van der Waals surface area contributed by atoms with Crippen LogP contribution in [0.4, 0.5) is 4.39 Å². The normalized spacial score (nSPS) is 14.3. The Kier molecular flexibility index (Phi) is 3.22. The molecule has 0 aliphatic rings. The molecule has 0 saturated carbocycles. The molecule has 0 heterocycles. The Hall–Kier alpha value is -1.67. The molecule has 0 spiro atoms. The van der Waals surface area contributed by atoms with Crippen LogP contribution in [0.2, 0.25) is 0 Å². The van der Waals surface area contributed by atoms with Gasteiger partial charge in [0.2, 0.25) is 0 Å². The van der Waals surface area contributed by atoms with Crippen molar-refractivity contribution in [3.05, 3.63) is 70.5 Å². The van der Waals surface area contributed by atoms with Crippen molar-refractivity contribution in [2.24, 2.45) is 5.73 Å². The summed E-state index contributed by atoms with van der Waals surface area (Å²) in [6.45, 7) is 5.98. The zero-order chi connectivity index (χ0) is 13.3. The predicted molar refractivity (Wildman–Crippen MR) is 73.0 cm³/mol. The summed E-state index contributed by atoms with van der Waals surface area (Å²) in [6.07, 6.45) is 0. The first-order valence-electron chi connectivity index (χ1n) is 6.04. The van der Waals surface area contributed by atoms with E-state index in [0.29, 0.717) is 0 Å². The van der Waals surface area contributed by atoms with Crippen molar-refractivity contribution in [2.45, 2.75) is 26.3 Å². The van der Waals surface area contributed by atoms with Crippen molar-refractivity contribution in [3.8, 4) is 0 Å². The third-order valence-electron chi connectivity index (χ3n) is 3.38. The lowest BCUT2D eigenvalue weighted by Gasteiger charge is -2.28. The Bertz CT molecular complexity index is 573. The molecule has 2 heteroatoms. The molecule has 2 aromatic carbocycles. The van der Waals surface area contributed by atoms with Crippen molar-refractivity contribution in [2.75, 3.05) is 0 Å². The average Bonchev–Trinajstić information content (AvgIpc) is 2.32. The van der Waals surface area contributed by atoms with E-state index in [2.05, 4.69) is 18.2 Å². The highest BCUT2D eigenvalue weighted by molar-refractivity contribution is 5.43. The van der Waals surface area contributed by atoms with Crippen molar-refractivity contribution >= 4 is 0 Å². The summed E-state index contributed by atoms with van der Waals surface area (Å²) in [4.78, 5) is 0. The van der Waals surface area contributed by atoms with E-state index in [0.717, 1.165) is 22.3 Å². The lowest BCUT2D eigenvalue weighted by molar-refractivity contribution is 0.578. The molecule has 1 nitrogen and oxygen atoms in total. The van der Waals surface area contributed by atoms with Crippen molar-refractivity contribution in [3.63, 3.8) is 0 Å². The van der Waals surface area contributed by atoms with Gasteiger partial charge in [0.1, 0.15) is 5.82 Å². The number of rotatable bonds is 2.